The Labute approximate surface area is 182 Å². The third-order valence-corrected chi connectivity index (χ3v) is 5.96. The molecule has 0 atom stereocenters. The van der Waals surface area contributed by atoms with Gasteiger partial charge in [0, 0.05) is 24.0 Å². The predicted molar refractivity (Wildman–Crippen MR) is 125 cm³/mol. The molecule has 1 aliphatic rings. The number of urea groups is 1. The van der Waals surface area contributed by atoms with Crippen LogP contribution >= 0.6 is 0 Å². The average molecular weight is 411 g/mol. The predicted octanol–water partition coefficient (Wildman–Crippen LogP) is 6.12. The highest BCUT2D eigenvalue weighted by molar-refractivity contribution is 5.93. The van der Waals surface area contributed by atoms with E-state index < -0.39 is 0 Å². The second-order valence-corrected chi connectivity index (χ2v) is 8.16. The first kappa shape index (κ1) is 19.4. The molecule has 31 heavy (non-hydrogen) atoms. The third-order valence-electron chi connectivity index (χ3n) is 5.96. The van der Waals surface area contributed by atoms with Gasteiger partial charge < -0.3 is 15.0 Å². The summed E-state index contributed by atoms with van der Waals surface area (Å²) in [6.07, 6.45) is 9.71. The Hall–Kier alpha value is -3.60. The van der Waals surface area contributed by atoms with Gasteiger partial charge in [0.1, 0.15) is 0 Å². The molecule has 2 aromatic carbocycles. The number of anilines is 1. The van der Waals surface area contributed by atoms with Gasteiger partial charge in [-0.05, 0) is 36.1 Å². The number of nitrogens with one attached hydrogen (secondary N) is 2. The van der Waals surface area contributed by atoms with Crippen LogP contribution < -0.4 is 10.6 Å². The number of amides is 2. The maximum Gasteiger partial charge on any atom is 0.319 e. The molecule has 0 spiro atoms. The first-order valence-electron chi connectivity index (χ1n) is 11.0. The summed E-state index contributed by atoms with van der Waals surface area (Å²) in [5, 5.41) is 6.10. The number of rotatable bonds is 4. The maximum absolute atomic E-state index is 12.5. The Morgan fingerprint density at radius 2 is 1.55 bits per heavy atom. The van der Waals surface area contributed by atoms with Crippen LogP contribution in [0.2, 0.25) is 0 Å². The number of nitrogens with zero attached hydrogens (tertiary/aromatic N) is 2. The highest BCUT2D eigenvalue weighted by Crippen LogP contribution is 2.26. The minimum Gasteiger partial charge on any atom is -0.335 e. The summed E-state index contributed by atoms with van der Waals surface area (Å²) >= 11 is 0. The van der Waals surface area contributed by atoms with Gasteiger partial charge in [0.2, 0.25) is 0 Å². The average Bonchev–Trinajstić information content (AvgIpc) is 3.26. The van der Waals surface area contributed by atoms with E-state index in [2.05, 4.69) is 47.0 Å². The fraction of sp³-hybridized carbons (Fsp3) is 0.231. The van der Waals surface area contributed by atoms with Gasteiger partial charge >= 0.3 is 6.03 Å². The number of pyridine rings is 1. The molecular formula is C26H26N4O. The molecule has 0 aliphatic heterocycles. The number of carbonyl (C=O) groups is 1. The Kier molecular flexibility index (Phi) is 5.40. The van der Waals surface area contributed by atoms with Gasteiger partial charge in [-0.25, -0.2) is 9.78 Å². The molecule has 0 saturated heterocycles. The number of benzene rings is 2. The first-order chi connectivity index (χ1) is 15.3. The molecule has 2 N–H and O–H groups in total. The highest BCUT2D eigenvalue weighted by Gasteiger charge is 2.17. The van der Waals surface area contributed by atoms with Gasteiger partial charge in [0.05, 0.1) is 11.4 Å². The van der Waals surface area contributed by atoms with E-state index in [1.807, 2.05) is 47.1 Å². The molecule has 0 unspecified atom stereocenters. The second kappa shape index (κ2) is 8.64. The molecule has 1 fully saturated rings. The van der Waals surface area contributed by atoms with Crippen molar-refractivity contribution in [1.82, 2.24) is 14.7 Å². The fourth-order valence-corrected chi connectivity index (χ4v) is 4.30. The zero-order chi connectivity index (χ0) is 21.0. The van der Waals surface area contributed by atoms with Crippen LogP contribution in [0.5, 0.6) is 0 Å². The van der Waals surface area contributed by atoms with Crippen LogP contribution in [0.1, 0.15) is 32.1 Å². The summed E-state index contributed by atoms with van der Waals surface area (Å²) in [5.41, 5.74) is 5.74. The lowest BCUT2D eigenvalue weighted by atomic mass is 9.96. The zero-order valence-electron chi connectivity index (χ0n) is 17.4. The van der Waals surface area contributed by atoms with E-state index >= 15 is 0 Å². The molecule has 0 radical (unpaired) electrons. The summed E-state index contributed by atoms with van der Waals surface area (Å²) < 4.78 is 1.96. The van der Waals surface area contributed by atoms with E-state index in [0.717, 1.165) is 29.7 Å². The van der Waals surface area contributed by atoms with Crippen molar-refractivity contribution < 1.29 is 4.79 Å². The number of aromatic nitrogens is 2. The summed E-state index contributed by atoms with van der Waals surface area (Å²) in [5.74, 6) is 0. The number of hydrogen-bond acceptors (Lipinski definition) is 2. The topological polar surface area (TPSA) is 58.4 Å². The largest absolute Gasteiger partial charge is 0.335 e. The van der Waals surface area contributed by atoms with Crippen molar-refractivity contribution in [3.63, 3.8) is 0 Å². The summed E-state index contributed by atoms with van der Waals surface area (Å²) in [7, 11) is 0. The van der Waals surface area contributed by atoms with Crippen molar-refractivity contribution in [2.45, 2.75) is 38.1 Å². The van der Waals surface area contributed by atoms with Gasteiger partial charge in [-0.15, -0.1) is 0 Å². The maximum atomic E-state index is 12.5. The quantitative estimate of drug-likeness (QED) is 0.426. The lowest BCUT2D eigenvalue weighted by Gasteiger charge is -2.22. The lowest BCUT2D eigenvalue weighted by molar-refractivity contribution is 0.244. The summed E-state index contributed by atoms with van der Waals surface area (Å²) in [6, 6.07) is 22.7. The molecule has 156 valence electrons. The summed E-state index contributed by atoms with van der Waals surface area (Å²) in [4.78, 5) is 17.3. The van der Waals surface area contributed by atoms with Gasteiger partial charge in [-0.2, -0.15) is 0 Å². The molecule has 0 bridgehead atoms. The van der Waals surface area contributed by atoms with Crippen molar-refractivity contribution in [1.29, 1.82) is 0 Å². The SMILES string of the molecule is O=C(Nc1cccn2cc(-c3ccc(-c4ccccc4)cc3)nc12)NC1CCCCC1. The highest BCUT2D eigenvalue weighted by atomic mass is 16.2. The number of carbonyl (C=O) groups excluding carboxylic acids is 1. The Morgan fingerprint density at radius 1 is 0.839 bits per heavy atom. The van der Waals surface area contributed by atoms with Crippen LogP contribution in [-0.2, 0) is 0 Å². The number of imidazole rings is 1. The van der Waals surface area contributed by atoms with Crippen LogP contribution in [0, 0.1) is 0 Å². The van der Waals surface area contributed by atoms with Crippen molar-refractivity contribution in [3.05, 3.63) is 79.1 Å². The van der Waals surface area contributed by atoms with E-state index in [9.17, 15) is 4.79 Å². The van der Waals surface area contributed by atoms with Gasteiger partial charge in [0.15, 0.2) is 5.65 Å². The van der Waals surface area contributed by atoms with Crippen molar-refractivity contribution in [2.24, 2.45) is 0 Å². The van der Waals surface area contributed by atoms with Crippen LogP contribution in [0.3, 0.4) is 0 Å². The van der Waals surface area contributed by atoms with Crippen LogP contribution in [-0.4, -0.2) is 21.5 Å². The van der Waals surface area contributed by atoms with Crippen LogP contribution in [0.4, 0.5) is 10.5 Å². The fourth-order valence-electron chi connectivity index (χ4n) is 4.30. The molecule has 1 saturated carbocycles. The van der Waals surface area contributed by atoms with Crippen molar-refractivity contribution >= 4 is 17.4 Å². The zero-order valence-corrected chi connectivity index (χ0v) is 17.4. The van der Waals surface area contributed by atoms with Crippen LogP contribution in [0.15, 0.2) is 79.1 Å². The lowest BCUT2D eigenvalue weighted by Crippen LogP contribution is -2.39. The first-order valence-corrected chi connectivity index (χ1v) is 11.0. The molecular weight excluding hydrogens is 384 g/mol. The third kappa shape index (κ3) is 4.31. The molecule has 5 heteroatoms. The Balaban J connectivity index is 1.36. The van der Waals surface area contributed by atoms with Crippen LogP contribution in [0.25, 0.3) is 28.0 Å². The van der Waals surface area contributed by atoms with Crippen molar-refractivity contribution in [3.8, 4) is 22.4 Å². The smallest absolute Gasteiger partial charge is 0.319 e. The summed E-state index contributed by atoms with van der Waals surface area (Å²) in [6.45, 7) is 0. The Morgan fingerprint density at radius 3 is 2.32 bits per heavy atom. The molecule has 1 aliphatic carbocycles. The molecule has 5 nitrogen and oxygen atoms in total. The van der Waals surface area contributed by atoms with E-state index in [0.29, 0.717) is 5.69 Å². The number of fused-ring (bicyclic) bond motifs is 1. The normalized spacial score (nSPS) is 14.5. The monoisotopic (exact) mass is 410 g/mol. The number of hydrogen-bond donors (Lipinski definition) is 2. The van der Waals surface area contributed by atoms with Gasteiger partial charge in [-0.3, -0.25) is 0 Å². The van der Waals surface area contributed by atoms with Gasteiger partial charge in [0.25, 0.3) is 0 Å². The van der Waals surface area contributed by atoms with E-state index in [1.165, 1.54) is 30.4 Å². The van der Waals surface area contributed by atoms with E-state index in [4.69, 9.17) is 4.98 Å². The molecule has 4 aromatic rings. The molecule has 5 rings (SSSR count). The standard InChI is InChI=1S/C26H26N4O/c31-26(27-22-10-5-2-6-11-22)29-23-12-7-17-30-18-24(28-25(23)30)21-15-13-20(14-16-21)19-8-3-1-4-9-19/h1,3-4,7-9,12-18,22H,2,5-6,10-11H2,(H2,27,29,31). The van der Waals surface area contributed by atoms with Gasteiger partial charge in [-0.1, -0.05) is 73.9 Å². The molecule has 2 amide bonds. The van der Waals surface area contributed by atoms with Crippen molar-refractivity contribution in [2.75, 3.05) is 5.32 Å². The van der Waals surface area contributed by atoms with E-state index in [-0.39, 0.29) is 12.1 Å². The van der Waals surface area contributed by atoms with E-state index in [1.54, 1.807) is 0 Å². The minimum absolute atomic E-state index is 0.156. The Bertz CT molecular complexity index is 1180. The minimum atomic E-state index is -0.156. The molecule has 2 aromatic heterocycles. The second-order valence-electron chi connectivity index (χ2n) is 8.16. The molecule has 2 heterocycles.